The number of primary amides is 1. The highest BCUT2D eigenvalue weighted by atomic mass is 16.4. The highest BCUT2D eigenvalue weighted by Crippen LogP contribution is 2.17. The SMILES string of the molecule is NC(=O)CCC(NC(=O)C(N)CCCN=C(N)N)C(=O)NCC(=O)N1CCCC1C(=O)O. The van der Waals surface area contributed by atoms with Crippen molar-refractivity contribution in [1.82, 2.24) is 15.5 Å². The van der Waals surface area contributed by atoms with E-state index in [9.17, 15) is 29.1 Å². The lowest BCUT2D eigenvalue weighted by molar-refractivity contribution is -0.148. The first-order valence-corrected chi connectivity index (χ1v) is 10.2. The van der Waals surface area contributed by atoms with Crippen LogP contribution in [0.25, 0.3) is 0 Å². The molecule has 1 fully saturated rings. The van der Waals surface area contributed by atoms with Gasteiger partial charge in [0.2, 0.25) is 23.6 Å². The molecule has 0 bridgehead atoms. The predicted octanol–water partition coefficient (Wildman–Crippen LogP) is -3.69. The van der Waals surface area contributed by atoms with E-state index >= 15 is 0 Å². The van der Waals surface area contributed by atoms with Crippen molar-refractivity contribution in [2.45, 2.75) is 56.7 Å². The Morgan fingerprint density at radius 3 is 2.38 bits per heavy atom. The third kappa shape index (κ3) is 9.16. The summed E-state index contributed by atoms with van der Waals surface area (Å²) in [6.07, 6.45) is 1.29. The minimum atomic E-state index is -1.15. The van der Waals surface area contributed by atoms with E-state index in [0.29, 0.717) is 19.3 Å². The van der Waals surface area contributed by atoms with Crippen molar-refractivity contribution < 1.29 is 29.1 Å². The maximum Gasteiger partial charge on any atom is 0.326 e. The molecule has 3 unspecified atom stereocenters. The van der Waals surface area contributed by atoms with Gasteiger partial charge in [-0.2, -0.15) is 0 Å². The van der Waals surface area contributed by atoms with Gasteiger partial charge in [0.25, 0.3) is 0 Å². The van der Waals surface area contributed by atoms with Crippen LogP contribution in [0, 0.1) is 0 Å². The van der Waals surface area contributed by atoms with Gasteiger partial charge in [0.1, 0.15) is 12.1 Å². The van der Waals surface area contributed by atoms with Crippen molar-refractivity contribution in [2.24, 2.45) is 27.9 Å². The average molecular weight is 457 g/mol. The number of carboxylic acids is 1. The van der Waals surface area contributed by atoms with Gasteiger partial charge in [0, 0.05) is 19.5 Å². The van der Waals surface area contributed by atoms with E-state index in [1.165, 1.54) is 4.90 Å². The number of rotatable bonds is 13. The first-order chi connectivity index (χ1) is 15.0. The Balaban J connectivity index is 2.64. The molecule has 1 rings (SSSR count). The number of carbonyl (C=O) groups is 5. The summed E-state index contributed by atoms with van der Waals surface area (Å²) in [5, 5.41) is 14.0. The van der Waals surface area contributed by atoms with Crippen LogP contribution in [0.4, 0.5) is 0 Å². The monoisotopic (exact) mass is 456 g/mol. The van der Waals surface area contributed by atoms with Gasteiger partial charge in [-0.3, -0.25) is 24.2 Å². The summed E-state index contributed by atoms with van der Waals surface area (Å²) in [6.45, 7) is 0.114. The number of carboxylic acid groups (broad SMARTS) is 1. The number of hydrogen-bond donors (Lipinski definition) is 7. The van der Waals surface area contributed by atoms with Crippen LogP contribution < -0.4 is 33.6 Å². The molecule has 3 atom stereocenters. The van der Waals surface area contributed by atoms with Crippen LogP contribution in [-0.4, -0.2) is 83.3 Å². The number of likely N-dealkylation sites (tertiary alicyclic amines) is 1. The normalized spacial score (nSPS) is 17.2. The lowest BCUT2D eigenvalue weighted by Gasteiger charge is -2.23. The zero-order valence-corrected chi connectivity index (χ0v) is 17.8. The second kappa shape index (κ2) is 13.1. The lowest BCUT2D eigenvalue weighted by Crippen LogP contribution is -2.53. The molecule has 11 N–H and O–H groups in total. The molecule has 0 aromatic carbocycles. The van der Waals surface area contributed by atoms with E-state index < -0.39 is 54.3 Å². The molecule has 0 radical (unpaired) electrons. The first-order valence-electron chi connectivity index (χ1n) is 10.2. The summed E-state index contributed by atoms with van der Waals surface area (Å²) in [7, 11) is 0. The minimum absolute atomic E-state index is 0.0793. The number of nitrogens with one attached hydrogen (secondary N) is 2. The summed E-state index contributed by atoms with van der Waals surface area (Å²) in [6, 6.07) is -3.03. The van der Waals surface area contributed by atoms with Crippen molar-refractivity contribution >= 4 is 35.6 Å². The number of aliphatic carboxylic acids is 1. The van der Waals surface area contributed by atoms with E-state index in [2.05, 4.69) is 15.6 Å². The summed E-state index contributed by atoms with van der Waals surface area (Å²) < 4.78 is 0. The van der Waals surface area contributed by atoms with Crippen molar-refractivity contribution in [3.05, 3.63) is 0 Å². The van der Waals surface area contributed by atoms with E-state index in [1.54, 1.807) is 0 Å². The van der Waals surface area contributed by atoms with Gasteiger partial charge in [-0.05, 0) is 32.1 Å². The van der Waals surface area contributed by atoms with Crippen LogP contribution in [0.3, 0.4) is 0 Å². The molecule has 0 spiro atoms. The van der Waals surface area contributed by atoms with Gasteiger partial charge in [0.15, 0.2) is 5.96 Å². The Morgan fingerprint density at radius 1 is 1.09 bits per heavy atom. The summed E-state index contributed by atoms with van der Waals surface area (Å²) in [5.41, 5.74) is 21.4. The van der Waals surface area contributed by atoms with Crippen LogP contribution >= 0.6 is 0 Å². The minimum Gasteiger partial charge on any atom is -0.480 e. The Kier molecular flexibility index (Phi) is 10.9. The summed E-state index contributed by atoms with van der Waals surface area (Å²) in [5.74, 6) is -3.76. The number of nitrogens with zero attached hydrogens (tertiary/aromatic N) is 2. The van der Waals surface area contributed by atoms with Crippen molar-refractivity contribution in [1.29, 1.82) is 0 Å². The quantitative estimate of drug-likeness (QED) is 0.0817. The maximum absolute atomic E-state index is 12.5. The molecule has 180 valence electrons. The molecular weight excluding hydrogens is 424 g/mol. The van der Waals surface area contributed by atoms with Gasteiger partial charge < -0.3 is 43.6 Å². The van der Waals surface area contributed by atoms with Gasteiger partial charge in [-0.1, -0.05) is 0 Å². The molecule has 1 saturated heterocycles. The highest BCUT2D eigenvalue weighted by molar-refractivity contribution is 5.93. The second-order valence-electron chi connectivity index (χ2n) is 7.42. The van der Waals surface area contributed by atoms with Crippen LogP contribution in [-0.2, 0) is 24.0 Å². The summed E-state index contributed by atoms with van der Waals surface area (Å²) >= 11 is 0. The fourth-order valence-electron chi connectivity index (χ4n) is 3.19. The fraction of sp³-hybridized carbons (Fsp3) is 0.667. The fourth-order valence-corrected chi connectivity index (χ4v) is 3.19. The number of guanidine groups is 1. The summed E-state index contributed by atoms with van der Waals surface area (Å²) in [4.78, 5) is 64.5. The molecule has 4 amide bonds. The van der Waals surface area contributed by atoms with E-state index in [0.717, 1.165) is 0 Å². The van der Waals surface area contributed by atoms with Crippen LogP contribution in [0.1, 0.15) is 38.5 Å². The number of amides is 4. The molecule has 0 aliphatic carbocycles. The van der Waals surface area contributed by atoms with Gasteiger partial charge >= 0.3 is 5.97 Å². The molecule has 0 aromatic rings. The third-order valence-electron chi connectivity index (χ3n) is 4.89. The number of nitrogens with two attached hydrogens (primary N) is 4. The smallest absolute Gasteiger partial charge is 0.326 e. The van der Waals surface area contributed by atoms with Crippen molar-refractivity contribution in [2.75, 3.05) is 19.6 Å². The largest absolute Gasteiger partial charge is 0.480 e. The number of aliphatic imine (C=N–C) groups is 1. The molecule has 0 aromatic heterocycles. The molecule has 0 saturated carbocycles. The predicted molar refractivity (Wildman–Crippen MR) is 114 cm³/mol. The molecule has 14 nitrogen and oxygen atoms in total. The molecule has 1 heterocycles. The van der Waals surface area contributed by atoms with Crippen LogP contribution in [0.5, 0.6) is 0 Å². The van der Waals surface area contributed by atoms with Crippen LogP contribution in [0.15, 0.2) is 4.99 Å². The van der Waals surface area contributed by atoms with Crippen molar-refractivity contribution in [3.63, 3.8) is 0 Å². The topological polar surface area (TPSA) is 249 Å². The van der Waals surface area contributed by atoms with Crippen LogP contribution in [0.2, 0.25) is 0 Å². The van der Waals surface area contributed by atoms with E-state index in [4.69, 9.17) is 22.9 Å². The van der Waals surface area contributed by atoms with Gasteiger partial charge in [-0.15, -0.1) is 0 Å². The highest BCUT2D eigenvalue weighted by Gasteiger charge is 2.34. The molecule has 1 aliphatic rings. The average Bonchev–Trinajstić information content (AvgIpc) is 3.21. The maximum atomic E-state index is 12.5. The Bertz CT molecular complexity index is 739. The van der Waals surface area contributed by atoms with Gasteiger partial charge in [-0.25, -0.2) is 4.79 Å². The number of carbonyl (C=O) groups excluding carboxylic acids is 4. The Morgan fingerprint density at radius 2 is 1.78 bits per heavy atom. The molecular formula is C18H32N8O6. The zero-order chi connectivity index (χ0) is 24.3. The third-order valence-corrected chi connectivity index (χ3v) is 4.89. The molecule has 14 heteroatoms. The van der Waals surface area contributed by atoms with Gasteiger partial charge in [0.05, 0.1) is 12.6 Å². The standard InChI is InChI=1S/C18H32N8O6/c19-10(3-1-7-23-18(21)22)15(29)25-11(5-6-13(20)27)16(30)24-9-14(28)26-8-2-4-12(26)17(31)32/h10-12H,1-9,19H2,(H2,20,27)(H,24,30)(H,25,29)(H,31,32)(H4,21,22,23). The zero-order valence-electron chi connectivity index (χ0n) is 17.8. The Hall–Kier alpha value is -3.42. The molecule has 32 heavy (non-hydrogen) atoms. The van der Waals surface area contributed by atoms with E-state index in [-0.39, 0.29) is 38.3 Å². The Labute approximate surface area is 185 Å². The molecule has 1 aliphatic heterocycles. The number of hydrogen-bond acceptors (Lipinski definition) is 7. The lowest BCUT2D eigenvalue weighted by atomic mass is 10.1. The van der Waals surface area contributed by atoms with Crippen molar-refractivity contribution in [3.8, 4) is 0 Å². The first kappa shape index (κ1) is 26.6. The second-order valence-corrected chi connectivity index (χ2v) is 7.42. The van der Waals surface area contributed by atoms with E-state index in [1.807, 2.05) is 0 Å².